The number of hydrogen-bond donors (Lipinski definition) is 0. The Bertz CT molecular complexity index is 1150. The van der Waals surface area contributed by atoms with E-state index in [1.54, 1.807) is 23.7 Å². The Hall–Kier alpha value is -2.42. The fourth-order valence-electron chi connectivity index (χ4n) is 6.26. The van der Waals surface area contributed by atoms with E-state index in [2.05, 4.69) is 15.3 Å². The molecular formula is C25H28F3N5S. The van der Waals surface area contributed by atoms with Gasteiger partial charge in [0.25, 0.3) is 0 Å². The molecule has 1 saturated carbocycles. The third kappa shape index (κ3) is 4.01. The maximum atomic E-state index is 13.0. The second-order valence-corrected chi connectivity index (χ2v) is 10.9. The topological polar surface area (TPSA) is 46.8 Å². The van der Waals surface area contributed by atoms with Crippen molar-refractivity contribution in [1.29, 1.82) is 0 Å². The van der Waals surface area contributed by atoms with E-state index >= 15 is 0 Å². The van der Waals surface area contributed by atoms with Gasteiger partial charge in [-0.2, -0.15) is 22.6 Å². The van der Waals surface area contributed by atoms with Crippen molar-refractivity contribution in [3.63, 3.8) is 0 Å². The molecule has 9 heteroatoms. The van der Waals surface area contributed by atoms with Crippen molar-refractivity contribution in [3.8, 4) is 0 Å². The second-order valence-electron chi connectivity index (χ2n) is 10.1. The van der Waals surface area contributed by atoms with Crippen molar-refractivity contribution in [2.45, 2.75) is 57.7 Å². The van der Waals surface area contributed by atoms with Gasteiger partial charge < -0.3 is 4.90 Å². The Morgan fingerprint density at radius 2 is 1.79 bits per heavy atom. The molecule has 34 heavy (non-hydrogen) atoms. The van der Waals surface area contributed by atoms with Crippen molar-refractivity contribution in [1.82, 2.24) is 19.1 Å². The van der Waals surface area contributed by atoms with Crippen molar-refractivity contribution in [3.05, 3.63) is 58.8 Å². The normalized spacial score (nSPS) is 26.6. The van der Waals surface area contributed by atoms with Crippen LogP contribution in [0.1, 0.15) is 60.1 Å². The lowest BCUT2D eigenvalue weighted by Gasteiger charge is -2.38. The van der Waals surface area contributed by atoms with E-state index in [0.29, 0.717) is 17.8 Å². The van der Waals surface area contributed by atoms with Gasteiger partial charge in [-0.25, -0.2) is 9.67 Å². The summed E-state index contributed by atoms with van der Waals surface area (Å²) in [6.07, 6.45) is 0.939. The molecule has 2 unspecified atom stereocenters. The fourth-order valence-corrected chi connectivity index (χ4v) is 7.04. The molecule has 1 aromatic carbocycles. The fraction of sp³-hybridized carbons (Fsp3) is 0.560. The van der Waals surface area contributed by atoms with Gasteiger partial charge in [0, 0.05) is 32.0 Å². The number of benzene rings is 1. The third-order valence-corrected chi connectivity index (χ3v) is 8.88. The lowest BCUT2D eigenvalue weighted by Crippen LogP contribution is -2.42. The number of hydrogen-bond acceptors (Lipinski definition) is 5. The summed E-state index contributed by atoms with van der Waals surface area (Å²) in [5.41, 5.74) is 1.37. The third-order valence-electron chi connectivity index (χ3n) is 7.93. The molecule has 0 N–H and O–H groups in total. The van der Waals surface area contributed by atoms with Crippen molar-refractivity contribution in [2.24, 2.45) is 17.8 Å². The zero-order valence-corrected chi connectivity index (χ0v) is 19.9. The van der Waals surface area contributed by atoms with Crippen LogP contribution in [0.15, 0.2) is 30.3 Å². The van der Waals surface area contributed by atoms with E-state index in [0.717, 1.165) is 61.8 Å². The highest BCUT2D eigenvalue weighted by Crippen LogP contribution is 2.45. The number of anilines is 1. The van der Waals surface area contributed by atoms with E-state index < -0.39 is 11.7 Å². The number of piperidine rings is 1. The molecule has 0 amide bonds. The van der Waals surface area contributed by atoms with Crippen LogP contribution in [0.25, 0.3) is 0 Å². The first kappa shape index (κ1) is 22.1. The molecule has 0 radical (unpaired) electrons. The summed E-state index contributed by atoms with van der Waals surface area (Å²) >= 11 is 1.60. The summed E-state index contributed by atoms with van der Waals surface area (Å²) in [5.74, 6) is 3.70. The van der Waals surface area contributed by atoms with Gasteiger partial charge in [-0.1, -0.05) is 12.1 Å². The molecule has 1 aliphatic carbocycles. The van der Waals surface area contributed by atoms with Crippen LogP contribution in [-0.2, 0) is 19.1 Å². The molecule has 3 aliphatic rings. The zero-order valence-electron chi connectivity index (χ0n) is 19.1. The summed E-state index contributed by atoms with van der Waals surface area (Å²) in [4.78, 5) is 7.47. The molecule has 4 atom stereocenters. The minimum Gasteiger partial charge on any atom is -0.362 e. The molecule has 2 aliphatic heterocycles. The predicted molar refractivity (Wildman–Crippen MR) is 125 cm³/mol. The lowest BCUT2D eigenvalue weighted by atomic mass is 9.82. The van der Waals surface area contributed by atoms with Gasteiger partial charge in [0.2, 0.25) is 0 Å². The van der Waals surface area contributed by atoms with E-state index in [9.17, 15) is 13.2 Å². The van der Waals surface area contributed by atoms with E-state index in [4.69, 9.17) is 10.1 Å². The Labute approximate surface area is 201 Å². The van der Waals surface area contributed by atoms with E-state index in [1.807, 2.05) is 11.6 Å². The molecule has 2 bridgehead atoms. The highest BCUT2D eigenvalue weighted by molar-refractivity contribution is 7.10. The van der Waals surface area contributed by atoms with Crippen molar-refractivity contribution in [2.75, 3.05) is 18.0 Å². The summed E-state index contributed by atoms with van der Waals surface area (Å²) in [5, 5.41) is 6.14. The van der Waals surface area contributed by atoms with Gasteiger partial charge >= 0.3 is 6.18 Å². The van der Waals surface area contributed by atoms with Crippen LogP contribution in [0, 0.1) is 24.7 Å². The van der Waals surface area contributed by atoms with E-state index in [1.165, 1.54) is 30.0 Å². The summed E-state index contributed by atoms with van der Waals surface area (Å²) in [7, 11) is 0. The van der Waals surface area contributed by atoms with Crippen LogP contribution < -0.4 is 4.90 Å². The number of nitrogens with zero attached hydrogens (tertiary/aromatic N) is 5. The largest absolute Gasteiger partial charge is 0.416 e. The highest BCUT2D eigenvalue weighted by atomic mass is 32.1. The Kier molecular flexibility index (Phi) is 5.43. The minimum absolute atomic E-state index is 0.00502. The number of halogens is 3. The minimum atomic E-state index is -4.31. The Balaban J connectivity index is 1.19. The number of aromatic nitrogens is 4. The number of fused-ring (bicyclic) bond motifs is 3. The first-order valence-electron chi connectivity index (χ1n) is 12.1. The Morgan fingerprint density at radius 3 is 2.44 bits per heavy atom. The first-order valence-corrected chi connectivity index (χ1v) is 12.9. The van der Waals surface area contributed by atoms with Crippen LogP contribution >= 0.6 is 11.5 Å². The molecule has 6 rings (SSSR count). The summed E-state index contributed by atoms with van der Waals surface area (Å²) < 4.78 is 45.4. The average Bonchev–Trinajstić information content (AvgIpc) is 3.48. The first-order chi connectivity index (χ1) is 16.3. The summed E-state index contributed by atoms with van der Waals surface area (Å²) in [6, 6.07) is 7.77. The standard InChI is InChI=1S/C25H28F3N5S/c1-15-11-23(34-31-15)32-13-17-4-5-18(14-32)21(17)12-22-29-24-20(3-2-10-33(24)30-22)16-6-8-19(9-7-16)25(26,27)28/h6-9,11,17-18,20-21H,2-5,10,12-14H2,1H3/t17-,18+,20?,21?. The SMILES string of the molecule is Cc1cc(N2C[C@H]3CC[C@@H](C2)C3Cc2nc3n(n2)CCCC3c2ccc(C(F)(F)F)cc2)sn1. The number of rotatable bonds is 4. The highest BCUT2D eigenvalue weighted by Gasteiger charge is 2.43. The number of aryl methyl sites for hydroxylation is 2. The van der Waals surface area contributed by atoms with Crippen LogP contribution in [0.2, 0.25) is 0 Å². The monoisotopic (exact) mass is 487 g/mol. The van der Waals surface area contributed by atoms with Gasteiger partial charge in [0.05, 0.1) is 11.3 Å². The quantitative estimate of drug-likeness (QED) is 0.474. The maximum Gasteiger partial charge on any atom is 0.416 e. The second kappa shape index (κ2) is 8.36. The van der Waals surface area contributed by atoms with Gasteiger partial charge in [0.1, 0.15) is 10.8 Å². The molecule has 180 valence electrons. The van der Waals surface area contributed by atoms with Gasteiger partial charge in [0.15, 0.2) is 5.82 Å². The van der Waals surface area contributed by atoms with Crippen LogP contribution in [-0.4, -0.2) is 32.2 Å². The number of alkyl halides is 3. The molecule has 0 spiro atoms. The zero-order chi connectivity index (χ0) is 23.4. The molecule has 3 aromatic rings. The maximum absolute atomic E-state index is 13.0. The molecule has 1 saturated heterocycles. The molecular weight excluding hydrogens is 459 g/mol. The smallest absolute Gasteiger partial charge is 0.362 e. The molecule has 5 nitrogen and oxygen atoms in total. The van der Waals surface area contributed by atoms with Crippen molar-refractivity contribution >= 4 is 16.5 Å². The average molecular weight is 488 g/mol. The predicted octanol–water partition coefficient (Wildman–Crippen LogP) is 5.69. The molecule has 2 fully saturated rings. The van der Waals surface area contributed by atoms with Gasteiger partial charge in [-0.3, -0.25) is 0 Å². The lowest BCUT2D eigenvalue weighted by molar-refractivity contribution is -0.137. The van der Waals surface area contributed by atoms with E-state index in [-0.39, 0.29) is 5.92 Å². The summed E-state index contributed by atoms with van der Waals surface area (Å²) in [6.45, 7) is 5.02. The molecule has 4 heterocycles. The van der Waals surface area contributed by atoms with Crippen LogP contribution in [0.5, 0.6) is 0 Å². The molecule has 2 aromatic heterocycles. The Morgan fingerprint density at radius 1 is 1.06 bits per heavy atom. The van der Waals surface area contributed by atoms with Gasteiger partial charge in [-0.05, 0) is 85.7 Å². The van der Waals surface area contributed by atoms with Crippen molar-refractivity contribution < 1.29 is 13.2 Å². The van der Waals surface area contributed by atoms with Gasteiger partial charge in [-0.15, -0.1) is 0 Å². The van der Waals surface area contributed by atoms with Crippen LogP contribution in [0.4, 0.5) is 18.2 Å². The van der Waals surface area contributed by atoms with Crippen LogP contribution in [0.3, 0.4) is 0 Å².